The molecule has 0 atom stereocenters. The normalized spacial score (nSPS) is 11.2. The largest absolute Gasteiger partial charge is 0.492 e. The molecule has 6 nitrogen and oxygen atoms in total. The van der Waals surface area contributed by atoms with Crippen molar-refractivity contribution in [3.63, 3.8) is 0 Å². The van der Waals surface area contributed by atoms with Crippen molar-refractivity contribution in [2.45, 2.75) is 17.7 Å². The summed E-state index contributed by atoms with van der Waals surface area (Å²) in [5.41, 5.74) is 6.41. The minimum absolute atomic E-state index is 0.252. The summed E-state index contributed by atoms with van der Waals surface area (Å²) in [5, 5.41) is 3.14. The molecule has 2 aromatic rings. The third-order valence-corrected chi connectivity index (χ3v) is 4.60. The molecular formula is C17H18ClFN2O4S. The Bertz CT molecular complexity index is 873. The molecule has 0 saturated heterocycles. The van der Waals surface area contributed by atoms with Gasteiger partial charge in [0.1, 0.15) is 5.75 Å². The summed E-state index contributed by atoms with van der Waals surface area (Å²) in [7, 11) is -4.76. The van der Waals surface area contributed by atoms with Gasteiger partial charge in [0.2, 0.25) is 0 Å². The number of hydrogen-bond acceptors (Lipinski definition) is 5. The number of nitrogen functional groups attached to an aromatic ring is 1. The average molecular weight is 401 g/mol. The number of anilines is 1. The first kappa shape index (κ1) is 20.0. The minimum atomic E-state index is -4.76. The molecule has 1 amide bonds. The SMILES string of the molecule is Nc1ccc(OCCCCNC(=O)c2ccc(S(=O)(=O)F)cc2)c(Cl)c1. The lowest BCUT2D eigenvalue weighted by Crippen LogP contribution is -2.24. The monoisotopic (exact) mass is 400 g/mol. The molecule has 0 bridgehead atoms. The van der Waals surface area contributed by atoms with Crippen molar-refractivity contribution in [2.24, 2.45) is 0 Å². The van der Waals surface area contributed by atoms with Gasteiger partial charge >= 0.3 is 10.2 Å². The number of unbranched alkanes of at least 4 members (excludes halogenated alkanes) is 1. The van der Waals surface area contributed by atoms with Crippen LogP contribution in [0.4, 0.5) is 9.57 Å². The number of nitrogens with one attached hydrogen (secondary N) is 1. The molecule has 2 aromatic carbocycles. The number of carbonyl (C=O) groups excluding carboxylic acids is 1. The van der Waals surface area contributed by atoms with E-state index in [0.717, 1.165) is 12.1 Å². The maximum absolute atomic E-state index is 12.8. The number of amides is 1. The fraction of sp³-hybridized carbons (Fsp3) is 0.235. The van der Waals surface area contributed by atoms with Crippen LogP contribution in [-0.4, -0.2) is 27.5 Å². The van der Waals surface area contributed by atoms with Crippen LogP contribution >= 0.6 is 11.6 Å². The Kier molecular flexibility index (Phi) is 6.82. The van der Waals surface area contributed by atoms with E-state index in [1.807, 2.05) is 0 Å². The topological polar surface area (TPSA) is 98.5 Å². The van der Waals surface area contributed by atoms with Gasteiger partial charge in [-0.2, -0.15) is 8.42 Å². The van der Waals surface area contributed by atoms with Crippen LogP contribution in [0, 0.1) is 0 Å². The van der Waals surface area contributed by atoms with E-state index in [-0.39, 0.29) is 11.5 Å². The third kappa shape index (κ3) is 5.89. The molecule has 26 heavy (non-hydrogen) atoms. The van der Waals surface area contributed by atoms with Gasteiger partial charge < -0.3 is 15.8 Å². The van der Waals surface area contributed by atoms with Crippen LogP contribution in [0.15, 0.2) is 47.4 Å². The van der Waals surface area contributed by atoms with E-state index in [1.54, 1.807) is 18.2 Å². The Morgan fingerprint density at radius 1 is 1.15 bits per heavy atom. The Labute approximate surface area is 156 Å². The Morgan fingerprint density at radius 3 is 2.46 bits per heavy atom. The summed E-state index contributed by atoms with van der Waals surface area (Å²) in [5.74, 6) is 0.183. The highest BCUT2D eigenvalue weighted by Gasteiger charge is 2.12. The lowest BCUT2D eigenvalue weighted by molar-refractivity contribution is 0.0952. The second-order valence-corrected chi connectivity index (χ2v) is 7.22. The molecule has 0 aliphatic rings. The van der Waals surface area contributed by atoms with Gasteiger partial charge in [-0.15, -0.1) is 3.89 Å². The zero-order valence-electron chi connectivity index (χ0n) is 13.7. The van der Waals surface area contributed by atoms with Crippen molar-refractivity contribution in [3.05, 3.63) is 53.1 Å². The van der Waals surface area contributed by atoms with E-state index >= 15 is 0 Å². The lowest BCUT2D eigenvalue weighted by Gasteiger charge is -2.09. The van der Waals surface area contributed by atoms with Gasteiger partial charge in [-0.25, -0.2) is 0 Å². The van der Waals surface area contributed by atoms with Crippen LogP contribution in [0.5, 0.6) is 5.75 Å². The predicted octanol–water partition coefficient (Wildman–Crippen LogP) is 3.17. The van der Waals surface area contributed by atoms with Crippen molar-refractivity contribution in [1.82, 2.24) is 5.32 Å². The zero-order valence-corrected chi connectivity index (χ0v) is 15.3. The van der Waals surface area contributed by atoms with Gasteiger partial charge in [0.25, 0.3) is 5.91 Å². The summed E-state index contributed by atoms with van der Waals surface area (Å²) in [4.78, 5) is 11.4. The molecule has 0 aliphatic heterocycles. The van der Waals surface area contributed by atoms with Gasteiger partial charge in [-0.3, -0.25) is 4.79 Å². The third-order valence-electron chi connectivity index (χ3n) is 3.47. The second kappa shape index (κ2) is 8.86. The molecule has 0 spiro atoms. The standard InChI is InChI=1S/C17H18ClFN2O4S/c18-15-11-13(20)5-8-16(15)25-10-2-1-9-21-17(22)12-3-6-14(7-4-12)26(19,23)24/h3-8,11H,1-2,9-10,20H2,(H,21,22). The Hall–Kier alpha value is -2.32. The van der Waals surface area contributed by atoms with Crippen molar-refractivity contribution >= 4 is 33.4 Å². The molecule has 9 heteroatoms. The van der Waals surface area contributed by atoms with Crippen LogP contribution < -0.4 is 15.8 Å². The smallest absolute Gasteiger partial charge is 0.332 e. The van der Waals surface area contributed by atoms with E-state index < -0.39 is 15.1 Å². The first-order chi connectivity index (χ1) is 12.3. The molecule has 0 aliphatic carbocycles. The van der Waals surface area contributed by atoms with Gasteiger partial charge in [0.05, 0.1) is 16.5 Å². The minimum Gasteiger partial charge on any atom is -0.492 e. The van der Waals surface area contributed by atoms with Gasteiger partial charge in [0, 0.05) is 17.8 Å². The fourth-order valence-electron chi connectivity index (χ4n) is 2.12. The van der Waals surface area contributed by atoms with Crippen LogP contribution in [-0.2, 0) is 10.2 Å². The van der Waals surface area contributed by atoms with E-state index in [2.05, 4.69) is 5.32 Å². The highest BCUT2D eigenvalue weighted by Crippen LogP contribution is 2.26. The molecule has 0 unspecified atom stereocenters. The fourth-order valence-corrected chi connectivity index (χ4v) is 2.82. The number of nitrogens with two attached hydrogens (primary N) is 1. The van der Waals surface area contributed by atoms with Crippen LogP contribution in [0.2, 0.25) is 5.02 Å². The molecule has 0 aromatic heterocycles. The Morgan fingerprint density at radius 2 is 1.85 bits per heavy atom. The maximum atomic E-state index is 12.8. The molecule has 0 fully saturated rings. The molecule has 0 radical (unpaired) electrons. The van der Waals surface area contributed by atoms with Crippen LogP contribution in [0.1, 0.15) is 23.2 Å². The van der Waals surface area contributed by atoms with Gasteiger partial charge in [-0.1, -0.05) is 11.6 Å². The van der Waals surface area contributed by atoms with Crippen molar-refractivity contribution < 1.29 is 21.8 Å². The maximum Gasteiger partial charge on any atom is 0.332 e. The molecular weight excluding hydrogens is 383 g/mol. The van der Waals surface area contributed by atoms with Crippen LogP contribution in [0.25, 0.3) is 0 Å². The van der Waals surface area contributed by atoms with Crippen LogP contribution in [0.3, 0.4) is 0 Å². The van der Waals surface area contributed by atoms with Gasteiger partial charge in [-0.05, 0) is 55.3 Å². The molecule has 2 rings (SSSR count). The number of ether oxygens (including phenoxy) is 1. The molecule has 0 saturated carbocycles. The van der Waals surface area contributed by atoms with E-state index in [4.69, 9.17) is 22.1 Å². The number of carbonyl (C=O) groups is 1. The van der Waals surface area contributed by atoms with Crippen molar-refractivity contribution in [3.8, 4) is 5.75 Å². The van der Waals surface area contributed by atoms with Gasteiger partial charge in [0.15, 0.2) is 0 Å². The van der Waals surface area contributed by atoms with E-state index in [9.17, 15) is 17.1 Å². The average Bonchev–Trinajstić information content (AvgIpc) is 2.58. The number of halogens is 2. The summed E-state index contributed by atoms with van der Waals surface area (Å²) in [6, 6.07) is 9.61. The summed E-state index contributed by atoms with van der Waals surface area (Å²) in [6.07, 6.45) is 1.37. The van der Waals surface area contributed by atoms with E-state index in [1.165, 1.54) is 12.1 Å². The van der Waals surface area contributed by atoms with Crippen molar-refractivity contribution in [2.75, 3.05) is 18.9 Å². The number of rotatable bonds is 8. The number of benzene rings is 2. The van der Waals surface area contributed by atoms with Crippen molar-refractivity contribution in [1.29, 1.82) is 0 Å². The molecule has 140 valence electrons. The predicted molar refractivity (Wildman–Crippen MR) is 97.7 cm³/mol. The second-order valence-electron chi connectivity index (χ2n) is 5.46. The number of hydrogen-bond donors (Lipinski definition) is 2. The summed E-state index contributed by atoms with van der Waals surface area (Å²) >= 11 is 6.00. The quantitative estimate of drug-likeness (QED) is 0.403. The molecule has 0 heterocycles. The van der Waals surface area contributed by atoms with E-state index in [0.29, 0.717) is 42.5 Å². The highest BCUT2D eigenvalue weighted by molar-refractivity contribution is 7.86. The first-order valence-electron chi connectivity index (χ1n) is 7.78. The lowest BCUT2D eigenvalue weighted by atomic mass is 10.2. The summed E-state index contributed by atoms with van der Waals surface area (Å²) < 4.78 is 39.8. The molecule has 3 N–H and O–H groups in total. The zero-order chi connectivity index (χ0) is 19.2. The Balaban J connectivity index is 1.70. The highest BCUT2D eigenvalue weighted by atomic mass is 35.5. The first-order valence-corrected chi connectivity index (χ1v) is 9.54. The summed E-state index contributed by atoms with van der Waals surface area (Å²) in [6.45, 7) is 0.851.